The summed E-state index contributed by atoms with van der Waals surface area (Å²) in [5.41, 5.74) is 0.337. The fourth-order valence-electron chi connectivity index (χ4n) is 1.04. The van der Waals surface area contributed by atoms with Crippen LogP contribution >= 0.6 is 11.6 Å². The van der Waals surface area contributed by atoms with E-state index in [2.05, 4.69) is 43.2 Å². The molecule has 17 heavy (non-hydrogen) atoms. The Labute approximate surface area is 107 Å². The van der Waals surface area contributed by atoms with Gasteiger partial charge in [-0.2, -0.15) is 0 Å². The van der Waals surface area contributed by atoms with Gasteiger partial charge in [0.1, 0.15) is 0 Å². The van der Waals surface area contributed by atoms with Crippen LogP contribution in [0, 0.1) is 11.3 Å². The van der Waals surface area contributed by atoms with Crippen LogP contribution in [0.5, 0.6) is 0 Å². The topological polar surface area (TPSA) is 54.9 Å². The van der Waals surface area contributed by atoms with Crippen molar-refractivity contribution in [1.82, 2.24) is 15.5 Å². The van der Waals surface area contributed by atoms with Gasteiger partial charge in [0.2, 0.25) is 0 Å². The van der Waals surface area contributed by atoms with E-state index in [1.54, 1.807) is 12.1 Å². The number of nitrogens with zero attached hydrogens (tertiary/aromatic N) is 2. The molecule has 0 unspecified atom stereocenters. The number of carbonyl (C=O) groups excluding carboxylic acids is 1. The Bertz CT molecular complexity index is 387. The molecule has 1 aromatic rings. The monoisotopic (exact) mass is 255 g/mol. The first-order chi connectivity index (χ1) is 7.83. The highest BCUT2D eigenvalue weighted by Crippen LogP contribution is 2.24. The number of aromatic nitrogens is 2. The molecule has 1 heterocycles. The molecule has 94 valence electrons. The van der Waals surface area contributed by atoms with Crippen molar-refractivity contribution in [2.45, 2.75) is 27.7 Å². The van der Waals surface area contributed by atoms with Crippen LogP contribution in [0.2, 0.25) is 5.15 Å². The average Bonchev–Trinajstić information content (AvgIpc) is 2.27. The number of hydrogen-bond acceptors (Lipinski definition) is 3. The summed E-state index contributed by atoms with van der Waals surface area (Å²) < 4.78 is 0. The van der Waals surface area contributed by atoms with E-state index in [1.807, 2.05) is 0 Å². The molecule has 1 amide bonds. The van der Waals surface area contributed by atoms with Gasteiger partial charge in [-0.1, -0.05) is 39.3 Å². The number of hydrogen-bond donors (Lipinski definition) is 1. The maximum Gasteiger partial charge on any atom is 0.271 e. The minimum atomic E-state index is -0.220. The van der Waals surface area contributed by atoms with Gasteiger partial charge in [-0.3, -0.25) is 4.79 Å². The molecule has 0 radical (unpaired) electrons. The van der Waals surface area contributed by atoms with Gasteiger partial charge < -0.3 is 5.32 Å². The Kier molecular flexibility index (Phi) is 4.46. The molecule has 4 nitrogen and oxygen atoms in total. The lowest BCUT2D eigenvalue weighted by Gasteiger charge is -2.29. The van der Waals surface area contributed by atoms with Gasteiger partial charge in [-0.15, -0.1) is 10.2 Å². The smallest absolute Gasteiger partial charge is 0.271 e. The Morgan fingerprint density at radius 1 is 1.41 bits per heavy atom. The molecule has 1 aromatic heterocycles. The Hall–Kier alpha value is -1.16. The molecule has 0 saturated heterocycles. The van der Waals surface area contributed by atoms with E-state index in [-0.39, 0.29) is 22.2 Å². The minimum absolute atomic E-state index is 0.0511. The summed E-state index contributed by atoms with van der Waals surface area (Å²) >= 11 is 5.60. The van der Waals surface area contributed by atoms with Gasteiger partial charge in [0, 0.05) is 6.54 Å². The summed E-state index contributed by atoms with van der Waals surface area (Å²) in [6.07, 6.45) is 0. The second-order valence-corrected chi connectivity index (χ2v) is 5.45. The van der Waals surface area contributed by atoms with E-state index in [9.17, 15) is 4.79 Å². The first kappa shape index (κ1) is 13.9. The lowest BCUT2D eigenvalue weighted by molar-refractivity contribution is 0.0918. The maximum atomic E-state index is 11.8. The Morgan fingerprint density at radius 2 is 2.06 bits per heavy atom. The van der Waals surface area contributed by atoms with E-state index in [0.29, 0.717) is 12.5 Å². The van der Waals surface area contributed by atoms with Crippen molar-refractivity contribution in [3.05, 3.63) is 23.0 Å². The van der Waals surface area contributed by atoms with Crippen molar-refractivity contribution >= 4 is 17.5 Å². The molecular formula is C12H18ClN3O. The van der Waals surface area contributed by atoms with Crippen molar-refractivity contribution < 1.29 is 4.79 Å². The third-order valence-corrected chi connectivity index (χ3v) is 3.33. The number of amides is 1. The summed E-state index contributed by atoms with van der Waals surface area (Å²) in [4.78, 5) is 11.8. The lowest BCUT2D eigenvalue weighted by atomic mass is 9.81. The van der Waals surface area contributed by atoms with Crippen LogP contribution in [0.25, 0.3) is 0 Å². The van der Waals surface area contributed by atoms with Crippen LogP contribution in [0.1, 0.15) is 38.2 Å². The number of halogens is 1. The van der Waals surface area contributed by atoms with E-state index < -0.39 is 0 Å². The fraction of sp³-hybridized carbons (Fsp3) is 0.583. The Morgan fingerprint density at radius 3 is 2.53 bits per heavy atom. The quantitative estimate of drug-likeness (QED) is 0.900. The molecule has 5 heteroatoms. The SMILES string of the molecule is CC(C)C(C)(C)CNC(=O)c1ccc(Cl)nn1. The van der Waals surface area contributed by atoms with Gasteiger partial charge in [0.25, 0.3) is 5.91 Å². The van der Waals surface area contributed by atoms with E-state index in [0.717, 1.165) is 0 Å². The van der Waals surface area contributed by atoms with E-state index in [1.165, 1.54) is 0 Å². The molecule has 0 atom stereocenters. The van der Waals surface area contributed by atoms with Crippen LogP contribution in [0.15, 0.2) is 12.1 Å². The van der Waals surface area contributed by atoms with Crippen molar-refractivity contribution in [2.24, 2.45) is 11.3 Å². The van der Waals surface area contributed by atoms with Crippen molar-refractivity contribution in [2.75, 3.05) is 6.54 Å². The standard InChI is InChI=1S/C12H18ClN3O/c1-8(2)12(3,4)7-14-11(17)9-5-6-10(13)16-15-9/h5-6,8H,7H2,1-4H3,(H,14,17). The zero-order chi connectivity index (χ0) is 13.1. The van der Waals surface area contributed by atoms with Crippen LogP contribution in [0.4, 0.5) is 0 Å². The average molecular weight is 256 g/mol. The molecule has 0 aliphatic carbocycles. The summed E-state index contributed by atoms with van der Waals surface area (Å²) in [5, 5.41) is 10.5. The summed E-state index contributed by atoms with van der Waals surface area (Å²) in [5.74, 6) is 0.266. The zero-order valence-electron chi connectivity index (χ0n) is 10.6. The van der Waals surface area contributed by atoms with Crippen molar-refractivity contribution in [1.29, 1.82) is 0 Å². The van der Waals surface area contributed by atoms with Crippen LogP contribution in [0.3, 0.4) is 0 Å². The third kappa shape index (κ3) is 3.97. The molecule has 0 aromatic carbocycles. The molecule has 0 bridgehead atoms. The molecule has 0 aliphatic rings. The molecule has 1 N–H and O–H groups in total. The largest absolute Gasteiger partial charge is 0.350 e. The van der Waals surface area contributed by atoms with Crippen molar-refractivity contribution in [3.8, 4) is 0 Å². The van der Waals surface area contributed by atoms with Gasteiger partial charge in [-0.25, -0.2) is 0 Å². The molecule has 0 spiro atoms. The highest BCUT2D eigenvalue weighted by molar-refractivity contribution is 6.29. The lowest BCUT2D eigenvalue weighted by Crippen LogP contribution is -2.37. The summed E-state index contributed by atoms with van der Waals surface area (Å²) in [7, 11) is 0. The van der Waals surface area contributed by atoms with Crippen LogP contribution < -0.4 is 5.32 Å². The summed E-state index contributed by atoms with van der Waals surface area (Å²) in [6, 6.07) is 3.12. The number of nitrogens with one attached hydrogen (secondary N) is 1. The van der Waals surface area contributed by atoms with Gasteiger partial charge in [-0.05, 0) is 23.5 Å². The minimum Gasteiger partial charge on any atom is -0.350 e. The molecule has 0 fully saturated rings. The normalized spacial score (nSPS) is 11.6. The number of carbonyl (C=O) groups is 1. The Balaban J connectivity index is 2.59. The highest BCUT2D eigenvalue weighted by atomic mass is 35.5. The third-order valence-electron chi connectivity index (χ3n) is 3.13. The highest BCUT2D eigenvalue weighted by Gasteiger charge is 2.23. The zero-order valence-corrected chi connectivity index (χ0v) is 11.4. The molecule has 0 saturated carbocycles. The van der Waals surface area contributed by atoms with Crippen molar-refractivity contribution in [3.63, 3.8) is 0 Å². The van der Waals surface area contributed by atoms with Crippen LogP contribution in [-0.2, 0) is 0 Å². The summed E-state index contributed by atoms with van der Waals surface area (Å²) in [6.45, 7) is 9.10. The fourth-order valence-corrected chi connectivity index (χ4v) is 1.14. The predicted octanol–water partition coefficient (Wildman–Crippen LogP) is 2.54. The molecule has 1 rings (SSSR count). The van der Waals surface area contributed by atoms with Gasteiger partial charge >= 0.3 is 0 Å². The van der Waals surface area contributed by atoms with E-state index in [4.69, 9.17) is 11.6 Å². The molecule has 0 aliphatic heterocycles. The maximum absolute atomic E-state index is 11.8. The number of rotatable bonds is 4. The second-order valence-electron chi connectivity index (χ2n) is 5.07. The predicted molar refractivity (Wildman–Crippen MR) is 68.0 cm³/mol. The first-order valence-corrected chi connectivity index (χ1v) is 5.98. The first-order valence-electron chi connectivity index (χ1n) is 5.60. The van der Waals surface area contributed by atoms with Crippen LogP contribution in [-0.4, -0.2) is 22.6 Å². The molecular weight excluding hydrogens is 238 g/mol. The van der Waals surface area contributed by atoms with E-state index >= 15 is 0 Å². The van der Waals surface area contributed by atoms with Gasteiger partial charge in [0.05, 0.1) is 0 Å². The van der Waals surface area contributed by atoms with Gasteiger partial charge in [0.15, 0.2) is 10.8 Å². The second kappa shape index (κ2) is 5.45.